The largest absolute Gasteiger partial charge is 0.365 e. The fourth-order valence-corrected chi connectivity index (χ4v) is 2.26. The van der Waals surface area contributed by atoms with Gasteiger partial charge < -0.3 is 4.84 Å². The Bertz CT molecular complexity index is 674. The van der Waals surface area contributed by atoms with E-state index in [0.717, 1.165) is 4.47 Å². The second kappa shape index (κ2) is 6.88. The van der Waals surface area contributed by atoms with Crippen molar-refractivity contribution in [1.29, 1.82) is 0 Å². The Morgan fingerprint density at radius 1 is 1.20 bits per heavy atom. The predicted octanol–water partition coefficient (Wildman–Crippen LogP) is 4.95. The van der Waals surface area contributed by atoms with Gasteiger partial charge in [0.1, 0.15) is 0 Å². The van der Waals surface area contributed by atoms with Gasteiger partial charge in [-0.1, -0.05) is 56.4 Å². The molecule has 102 valence electrons. The van der Waals surface area contributed by atoms with E-state index in [-0.39, 0.29) is 0 Å². The Labute approximate surface area is 134 Å². The topological polar surface area (TPSA) is 38.7 Å². The van der Waals surface area contributed by atoms with E-state index < -0.39 is 5.97 Å². The van der Waals surface area contributed by atoms with Gasteiger partial charge in [-0.15, -0.1) is 0 Å². The first-order valence-electron chi connectivity index (χ1n) is 5.51. The molecule has 2 aromatic rings. The summed E-state index contributed by atoms with van der Waals surface area (Å²) in [5, 5.41) is 4.58. The minimum atomic E-state index is -0.548. The van der Waals surface area contributed by atoms with E-state index in [1.807, 2.05) is 6.07 Å². The number of carbonyl (C=O) groups is 1. The highest BCUT2D eigenvalue weighted by atomic mass is 79.9. The Hall–Kier alpha value is -1.36. The number of benzene rings is 2. The van der Waals surface area contributed by atoms with Gasteiger partial charge in [0, 0.05) is 15.1 Å². The lowest BCUT2D eigenvalue weighted by atomic mass is 10.2. The number of hydrogen-bond acceptors (Lipinski definition) is 3. The molecule has 20 heavy (non-hydrogen) atoms. The van der Waals surface area contributed by atoms with Crippen LogP contribution in [0.15, 0.2) is 52.1 Å². The van der Waals surface area contributed by atoms with Gasteiger partial charge >= 0.3 is 5.97 Å². The third-order valence-electron chi connectivity index (χ3n) is 2.35. The molecule has 0 aliphatic heterocycles. The summed E-state index contributed by atoms with van der Waals surface area (Å²) >= 11 is 15.0. The molecule has 0 bridgehead atoms. The van der Waals surface area contributed by atoms with E-state index in [1.54, 1.807) is 36.4 Å². The molecule has 2 rings (SSSR count). The van der Waals surface area contributed by atoms with E-state index in [9.17, 15) is 4.79 Å². The highest BCUT2D eigenvalue weighted by Crippen LogP contribution is 2.19. The van der Waals surface area contributed by atoms with Gasteiger partial charge in [0.2, 0.25) is 0 Å². The van der Waals surface area contributed by atoms with E-state index in [0.29, 0.717) is 21.2 Å². The van der Waals surface area contributed by atoms with Crippen molar-refractivity contribution in [2.45, 2.75) is 0 Å². The summed E-state index contributed by atoms with van der Waals surface area (Å²) in [5.74, 6) is -0.548. The molecule has 0 fully saturated rings. The van der Waals surface area contributed by atoms with Crippen LogP contribution in [-0.2, 0) is 4.84 Å². The van der Waals surface area contributed by atoms with E-state index >= 15 is 0 Å². The van der Waals surface area contributed by atoms with Crippen LogP contribution in [0, 0.1) is 0 Å². The zero-order valence-corrected chi connectivity index (χ0v) is 13.1. The first-order valence-corrected chi connectivity index (χ1v) is 7.06. The number of nitrogens with zero attached hydrogens (tertiary/aromatic N) is 1. The van der Waals surface area contributed by atoms with Gasteiger partial charge in [-0.2, -0.15) is 0 Å². The second-order valence-corrected chi connectivity index (χ2v) is 5.55. The van der Waals surface area contributed by atoms with Crippen LogP contribution in [0.2, 0.25) is 10.0 Å². The molecule has 0 aliphatic rings. The molecule has 0 aliphatic carbocycles. The van der Waals surface area contributed by atoms with E-state index in [4.69, 9.17) is 28.0 Å². The third kappa shape index (κ3) is 4.07. The average molecular weight is 373 g/mol. The number of rotatable bonds is 3. The molecule has 0 saturated heterocycles. The van der Waals surface area contributed by atoms with Crippen LogP contribution in [0.3, 0.4) is 0 Å². The number of carbonyl (C=O) groups excluding carboxylic acids is 1. The zero-order chi connectivity index (χ0) is 14.5. The summed E-state index contributed by atoms with van der Waals surface area (Å²) in [4.78, 5) is 16.5. The van der Waals surface area contributed by atoms with Crippen molar-refractivity contribution in [1.82, 2.24) is 0 Å². The standard InChI is InChI=1S/C14H8BrCl2NO2/c15-11-3-1-2-9(6-11)14(19)20-18-8-10-4-5-12(16)7-13(10)17/h1-8H/b18-8-. The van der Waals surface area contributed by atoms with Crippen LogP contribution in [0.1, 0.15) is 15.9 Å². The summed E-state index contributed by atoms with van der Waals surface area (Å²) in [6.07, 6.45) is 1.36. The molecule has 0 radical (unpaired) electrons. The van der Waals surface area contributed by atoms with Crippen LogP contribution in [0.25, 0.3) is 0 Å². The van der Waals surface area contributed by atoms with Crippen LogP contribution in [0.4, 0.5) is 0 Å². The normalized spacial score (nSPS) is 10.8. The minimum absolute atomic E-state index is 0.402. The summed E-state index contributed by atoms with van der Waals surface area (Å²) < 4.78 is 0.789. The van der Waals surface area contributed by atoms with Crippen molar-refractivity contribution < 1.29 is 9.63 Å². The molecule has 0 N–H and O–H groups in total. The quantitative estimate of drug-likeness (QED) is 0.434. The number of oxime groups is 1. The van der Waals surface area contributed by atoms with Crippen LogP contribution in [-0.4, -0.2) is 12.2 Å². The molecule has 0 unspecified atom stereocenters. The maximum atomic E-state index is 11.7. The molecule has 0 heterocycles. The summed E-state index contributed by atoms with van der Waals surface area (Å²) in [6, 6.07) is 11.8. The maximum absolute atomic E-state index is 11.7. The Morgan fingerprint density at radius 2 is 2.00 bits per heavy atom. The Kier molecular flexibility index (Phi) is 5.17. The molecule has 0 saturated carbocycles. The van der Waals surface area contributed by atoms with E-state index in [2.05, 4.69) is 21.1 Å². The molecule has 0 atom stereocenters. The maximum Gasteiger partial charge on any atom is 0.365 e. The molecule has 0 aromatic heterocycles. The van der Waals surface area contributed by atoms with Crippen molar-refractivity contribution in [3.05, 3.63) is 68.1 Å². The molecular weight excluding hydrogens is 365 g/mol. The first kappa shape index (κ1) is 15.0. The Balaban J connectivity index is 2.04. The van der Waals surface area contributed by atoms with Gasteiger partial charge in [0.05, 0.1) is 16.8 Å². The zero-order valence-electron chi connectivity index (χ0n) is 10.0. The highest BCUT2D eigenvalue weighted by molar-refractivity contribution is 9.10. The van der Waals surface area contributed by atoms with Crippen molar-refractivity contribution >= 4 is 51.3 Å². The average Bonchev–Trinajstić information content (AvgIpc) is 2.41. The highest BCUT2D eigenvalue weighted by Gasteiger charge is 2.07. The third-order valence-corrected chi connectivity index (χ3v) is 3.41. The van der Waals surface area contributed by atoms with Gasteiger partial charge in [-0.3, -0.25) is 0 Å². The van der Waals surface area contributed by atoms with Crippen LogP contribution in [0.5, 0.6) is 0 Å². The van der Waals surface area contributed by atoms with Crippen molar-refractivity contribution in [3.8, 4) is 0 Å². The molecule has 3 nitrogen and oxygen atoms in total. The minimum Gasteiger partial charge on any atom is -0.313 e. The summed E-state index contributed by atoms with van der Waals surface area (Å²) in [6.45, 7) is 0. The smallest absolute Gasteiger partial charge is 0.313 e. The van der Waals surface area contributed by atoms with Gasteiger partial charge in [0.25, 0.3) is 0 Å². The molecule has 2 aromatic carbocycles. The van der Waals surface area contributed by atoms with E-state index in [1.165, 1.54) is 6.21 Å². The lowest BCUT2D eigenvalue weighted by Crippen LogP contribution is -2.00. The lowest BCUT2D eigenvalue weighted by Gasteiger charge is -2.00. The second-order valence-electron chi connectivity index (χ2n) is 3.79. The van der Waals surface area contributed by atoms with Crippen molar-refractivity contribution in [3.63, 3.8) is 0 Å². The van der Waals surface area contributed by atoms with Crippen molar-refractivity contribution in [2.24, 2.45) is 5.16 Å². The number of halogens is 3. The Morgan fingerprint density at radius 3 is 2.70 bits per heavy atom. The number of hydrogen-bond donors (Lipinski definition) is 0. The van der Waals surface area contributed by atoms with Gasteiger partial charge in [-0.25, -0.2) is 4.79 Å². The molecular formula is C14H8BrCl2NO2. The molecule has 0 spiro atoms. The fourth-order valence-electron chi connectivity index (χ4n) is 1.41. The van der Waals surface area contributed by atoms with Crippen LogP contribution >= 0.6 is 39.1 Å². The monoisotopic (exact) mass is 371 g/mol. The fraction of sp³-hybridized carbons (Fsp3) is 0. The SMILES string of the molecule is O=C(O/N=C\c1ccc(Cl)cc1Cl)c1cccc(Br)c1. The summed E-state index contributed by atoms with van der Waals surface area (Å²) in [7, 11) is 0. The van der Waals surface area contributed by atoms with Crippen LogP contribution < -0.4 is 0 Å². The van der Waals surface area contributed by atoms with Gasteiger partial charge in [0.15, 0.2) is 0 Å². The van der Waals surface area contributed by atoms with Gasteiger partial charge in [-0.05, 0) is 30.3 Å². The molecule has 0 amide bonds. The first-order chi connectivity index (χ1) is 9.56. The lowest BCUT2D eigenvalue weighted by molar-refractivity contribution is 0.0519. The predicted molar refractivity (Wildman–Crippen MR) is 83.6 cm³/mol. The van der Waals surface area contributed by atoms with Crippen molar-refractivity contribution in [2.75, 3.05) is 0 Å². The molecule has 6 heteroatoms. The summed E-state index contributed by atoms with van der Waals surface area (Å²) in [5.41, 5.74) is 1.01.